The van der Waals surface area contributed by atoms with Crippen molar-refractivity contribution in [2.45, 2.75) is 314 Å². The van der Waals surface area contributed by atoms with Gasteiger partial charge in [-0.1, -0.05) is 6.92 Å². The Morgan fingerprint density at radius 2 is 0.417 bits per heavy atom. The van der Waals surface area contributed by atoms with Gasteiger partial charge in [0.1, 0.15) is 146 Å². The lowest BCUT2D eigenvalue weighted by Crippen LogP contribution is -2.68. The van der Waals surface area contributed by atoms with Crippen LogP contribution in [0.4, 0.5) is 0 Å². The largest absolute Gasteiger partial charge is 0.388 e. The Kier molecular flexibility index (Phi) is 23.2. The lowest BCUT2D eigenvalue weighted by atomic mass is 9.95. The highest BCUT2D eigenvalue weighted by molar-refractivity contribution is 5.00. The molecule has 0 unspecified atom stereocenters. The number of aliphatic hydroxyl groups is 17. The maximum Gasteiger partial charge on any atom is 0.187 e. The molecule has 0 spiro atoms. The molecule has 33 heteroatoms. The number of hydrogen-bond acceptors (Lipinski definition) is 33. The van der Waals surface area contributed by atoms with Crippen molar-refractivity contribution >= 4 is 0 Å². The normalized spacial score (nSPS) is 56.1. The number of ether oxygens (including phenoxy) is 16. The molecule has 84 heavy (non-hydrogen) atoms. The lowest BCUT2D eigenvalue weighted by molar-refractivity contribution is -0.408. The van der Waals surface area contributed by atoms with Crippen LogP contribution in [0.2, 0.25) is 0 Å². The highest BCUT2D eigenvalue weighted by Gasteiger charge is 2.59. The minimum atomic E-state index is -2.09. The van der Waals surface area contributed by atoms with E-state index in [1.165, 1.54) is 55.4 Å². The molecular weight excluding hydrogens is 1140 g/mol. The van der Waals surface area contributed by atoms with Crippen molar-refractivity contribution in [1.29, 1.82) is 0 Å². The van der Waals surface area contributed by atoms with Gasteiger partial charge in [0, 0.05) is 6.61 Å². The molecule has 8 rings (SSSR count). The van der Waals surface area contributed by atoms with E-state index >= 15 is 0 Å². The highest BCUT2D eigenvalue weighted by Crippen LogP contribution is 2.39. The smallest absolute Gasteiger partial charge is 0.187 e. The van der Waals surface area contributed by atoms with Crippen LogP contribution in [-0.4, -0.2) is 339 Å². The van der Waals surface area contributed by atoms with Gasteiger partial charge in [-0.15, -0.1) is 0 Å². The minimum Gasteiger partial charge on any atom is -0.388 e. The van der Waals surface area contributed by atoms with Crippen molar-refractivity contribution in [1.82, 2.24) is 0 Å². The molecule has 8 heterocycles. The van der Waals surface area contributed by atoms with E-state index in [4.69, 9.17) is 75.8 Å². The first kappa shape index (κ1) is 68.6. The zero-order chi connectivity index (χ0) is 61.8. The molecule has 0 aliphatic carbocycles. The Morgan fingerprint density at radius 3 is 0.714 bits per heavy atom. The van der Waals surface area contributed by atoms with E-state index in [2.05, 4.69) is 0 Å². The standard InChI is InChI=1S/C51H88O33/c1-10-11-69-48-40(29(61)21(53)13(3)74-48)83-50-41(30(62)22(54)15(5)76-50)81-47-35(67)38(26(58)18(8)73-47)79-45-36(68)39(27(59)19(9)71-45)80-49-43(32(64)24(56)14(4)75-49)84-51-42(31(63)23(55)16(6)77-51)82-46-34(66)37(25(57)17(7)72-46)78-44-33(65)28(60)20(52)12(2)70-44/h12-68H,10-11H2,1-9H3/t12-,13-,14-,15-,16-,17-,18-,19-,20-,21-,22-,23-,24-,25-,26-,27-,28+,29+,30+,31+,32+,33+,34+,35+,36+,37+,38+,39+,40+,41+,42+,43+,44-,45-,46-,47-,48+,49-,50-,51-/m0/s1. The molecule has 0 bridgehead atoms. The maximum atomic E-state index is 12.0. The maximum absolute atomic E-state index is 12.0. The molecule has 8 aliphatic heterocycles. The molecule has 0 radical (unpaired) electrons. The predicted octanol–water partition coefficient (Wildman–Crippen LogP) is -8.80. The van der Waals surface area contributed by atoms with E-state index < -0.39 is 246 Å². The van der Waals surface area contributed by atoms with Crippen molar-refractivity contribution in [3.63, 3.8) is 0 Å². The third kappa shape index (κ3) is 14.1. The summed E-state index contributed by atoms with van der Waals surface area (Å²) in [5.74, 6) is 0. The average molecular weight is 1230 g/mol. The van der Waals surface area contributed by atoms with Crippen molar-refractivity contribution in [2.24, 2.45) is 0 Å². The number of aliphatic hydroxyl groups excluding tert-OH is 17. The summed E-state index contributed by atoms with van der Waals surface area (Å²) in [6.45, 7) is 13.0. The van der Waals surface area contributed by atoms with E-state index in [0.717, 1.165) is 0 Å². The van der Waals surface area contributed by atoms with Gasteiger partial charge in [0.2, 0.25) is 0 Å². The van der Waals surface area contributed by atoms with Crippen molar-refractivity contribution in [3.05, 3.63) is 0 Å². The first-order chi connectivity index (χ1) is 39.5. The zero-order valence-electron chi connectivity index (χ0n) is 47.6. The van der Waals surface area contributed by atoms with E-state index in [9.17, 15) is 86.8 Å². The Labute approximate surface area is 482 Å². The first-order valence-electron chi connectivity index (χ1n) is 28.5. The van der Waals surface area contributed by atoms with Crippen LogP contribution in [-0.2, 0) is 75.8 Å². The molecule has 0 saturated carbocycles. The number of hydrogen-bond donors (Lipinski definition) is 17. The van der Waals surface area contributed by atoms with E-state index in [-0.39, 0.29) is 6.61 Å². The summed E-state index contributed by atoms with van der Waals surface area (Å²) in [6.07, 6.45) is -65.6. The fourth-order valence-corrected chi connectivity index (χ4v) is 11.3. The zero-order valence-corrected chi connectivity index (χ0v) is 47.6. The summed E-state index contributed by atoms with van der Waals surface area (Å²) >= 11 is 0. The van der Waals surface area contributed by atoms with Crippen molar-refractivity contribution in [3.8, 4) is 0 Å². The molecular formula is C51H88O33. The Hall–Kier alpha value is -1.32. The summed E-state index contributed by atoms with van der Waals surface area (Å²) in [7, 11) is 0. The van der Waals surface area contributed by atoms with Gasteiger partial charge in [0.15, 0.2) is 50.3 Å². The molecule has 490 valence electrons. The van der Waals surface area contributed by atoms with Crippen LogP contribution in [0.25, 0.3) is 0 Å². The second-order valence-corrected chi connectivity index (χ2v) is 23.1. The second kappa shape index (κ2) is 28.5. The van der Waals surface area contributed by atoms with Crippen LogP contribution in [0.1, 0.15) is 68.7 Å². The van der Waals surface area contributed by atoms with Gasteiger partial charge >= 0.3 is 0 Å². The van der Waals surface area contributed by atoms with E-state index in [1.807, 2.05) is 6.92 Å². The third-order valence-electron chi connectivity index (χ3n) is 16.8. The average Bonchev–Trinajstić information content (AvgIpc) is 2.12. The predicted molar refractivity (Wildman–Crippen MR) is 267 cm³/mol. The van der Waals surface area contributed by atoms with Crippen molar-refractivity contribution < 1.29 is 163 Å². The molecule has 8 fully saturated rings. The lowest BCUT2D eigenvalue weighted by Gasteiger charge is -2.50. The van der Waals surface area contributed by atoms with E-state index in [0.29, 0.717) is 6.42 Å². The van der Waals surface area contributed by atoms with Crippen LogP contribution < -0.4 is 0 Å². The topological polar surface area (TPSA) is 492 Å². The Bertz CT molecular complexity index is 2040. The minimum absolute atomic E-state index is 0.155. The molecule has 0 aromatic heterocycles. The third-order valence-corrected chi connectivity index (χ3v) is 16.8. The molecule has 17 N–H and O–H groups in total. The van der Waals surface area contributed by atoms with Crippen LogP contribution in [0.15, 0.2) is 0 Å². The highest BCUT2D eigenvalue weighted by atomic mass is 16.8. The summed E-state index contributed by atoms with van der Waals surface area (Å²) < 4.78 is 94.7. The summed E-state index contributed by atoms with van der Waals surface area (Å²) in [6, 6.07) is 0. The Morgan fingerprint density at radius 1 is 0.214 bits per heavy atom. The second-order valence-electron chi connectivity index (χ2n) is 23.1. The SMILES string of the molecule is CCCO[C@@H]1O[C@@H](C)[C@H](O)[C@@H](O)[C@H]1O[C@@H]1O[C@@H](C)[C@H](O)[C@@H](O)[C@H]1O[C@@H]1O[C@@H](C)[C@H](O)[C@@H](O[C@@H]2O[C@@H](C)[C@H](O)[C@@H](O[C@@H]3O[C@@H](C)[C@H](O)[C@@H](O)[C@H]3O[C@@H]3O[C@@H](C)[C@H](O)[C@@H](O)[C@H]3O[C@@H]3O[C@@H](C)[C@H](O)[C@@H](O[C@@H]4O[C@@H](C)[C@H](O)[C@@H](O)[C@H]4O)[C@H]3O)[C@H]2O)[C@H]1O. The van der Waals surface area contributed by atoms with Gasteiger partial charge in [-0.3, -0.25) is 0 Å². The van der Waals surface area contributed by atoms with Crippen LogP contribution in [0.5, 0.6) is 0 Å². The van der Waals surface area contributed by atoms with Crippen LogP contribution in [0, 0.1) is 0 Å². The summed E-state index contributed by atoms with van der Waals surface area (Å²) in [4.78, 5) is 0. The van der Waals surface area contributed by atoms with Gasteiger partial charge in [-0.2, -0.15) is 0 Å². The summed E-state index contributed by atoms with van der Waals surface area (Å²) in [5.41, 5.74) is 0. The summed E-state index contributed by atoms with van der Waals surface area (Å²) in [5, 5.41) is 190. The molecule has 33 nitrogen and oxygen atoms in total. The van der Waals surface area contributed by atoms with Crippen LogP contribution in [0.3, 0.4) is 0 Å². The van der Waals surface area contributed by atoms with Gasteiger partial charge < -0.3 is 163 Å². The molecule has 8 saturated heterocycles. The molecule has 0 amide bonds. The van der Waals surface area contributed by atoms with Gasteiger partial charge in [-0.05, 0) is 61.8 Å². The first-order valence-corrected chi connectivity index (χ1v) is 28.5. The fourth-order valence-electron chi connectivity index (χ4n) is 11.3. The molecule has 0 aromatic carbocycles. The van der Waals surface area contributed by atoms with E-state index in [1.54, 1.807) is 0 Å². The molecule has 0 aromatic rings. The number of rotatable bonds is 17. The van der Waals surface area contributed by atoms with Crippen LogP contribution >= 0.6 is 0 Å². The quantitative estimate of drug-likeness (QED) is 0.0643. The van der Waals surface area contributed by atoms with Gasteiger partial charge in [0.05, 0.1) is 48.8 Å². The monoisotopic (exact) mass is 1230 g/mol. The van der Waals surface area contributed by atoms with Gasteiger partial charge in [0.25, 0.3) is 0 Å². The fraction of sp³-hybridized carbons (Fsp3) is 1.00. The Balaban J connectivity index is 0.983. The van der Waals surface area contributed by atoms with Crippen molar-refractivity contribution in [2.75, 3.05) is 6.61 Å². The molecule has 8 aliphatic rings. The van der Waals surface area contributed by atoms with Gasteiger partial charge in [-0.25, -0.2) is 0 Å². The molecule has 40 atom stereocenters.